The van der Waals surface area contributed by atoms with Crippen LogP contribution in [-0.4, -0.2) is 30.8 Å². The summed E-state index contributed by atoms with van der Waals surface area (Å²) in [4.78, 5) is 14.2. The number of carbonyl (C=O) groups excluding carboxylic acids is 1. The van der Waals surface area contributed by atoms with E-state index in [-0.39, 0.29) is 11.3 Å². The predicted molar refractivity (Wildman–Crippen MR) is 96.5 cm³/mol. The molecule has 25 heavy (non-hydrogen) atoms. The second kappa shape index (κ2) is 7.49. The van der Waals surface area contributed by atoms with Gasteiger partial charge in [0.2, 0.25) is 5.91 Å². The summed E-state index contributed by atoms with van der Waals surface area (Å²) in [5, 5.41) is 8.88. The van der Waals surface area contributed by atoms with Gasteiger partial charge < -0.3 is 14.4 Å². The summed E-state index contributed by atoms with van der Waals surface area (Å²) in [6, 6.07) is 15.1. The SMILES string of the molecule is COc1ccc(CN2C(=O)CSC2c2ccc(C#N)cc2)c(OC)c1. The van der Waals surface area contributed by atoms with Crippen molar-refractivity contribution in [3.05, 3.63) is 59.2 Å². The van der Waals surface area contributed by atoms with Crippen LogP contribution in [0.15, 0.2) is 42.5 Å². The molecule has 128 valence electrons. The van der Waals surface area contributed by atoms with Gasteiger partial charge >= 0.3 is 0 Å². The fraction of sp³-hybridized carbons (Fsp3) is 0.263. The number of amides is 1. The molecular weight excluding hydrogens is 336 g/mol. The summed E-state index contributed by atoms with van der Waals surface area (Å²) in [7, 11) is 3.22. The number of hydrogen-bond donors (Lipinski definition) is 0. The Morgan fingerprint density at radius 1 is 1.20 bits per heavy atom. The first kappa shape index (κ1) is 17.2. The molecule has 0 N–H and O–H groups in total. The van der Waals surface area contributed by atoms with Gasteiger partial charge in [0, 0.05) is 11.6 Å². The second-order valence-corrected chi connectivity index (χ2v) is 6.67. The van der Waals surface area contributed by atoms with Gasteiger partial charge in [-0.3, -0.25) is 4.79 Å². The number of nitriles is 1. The van der Waals surface area contributed by atoms with E-state index in [1.54, 1.807) is 38.1 Å². The minimum Gasteiger partial charge on any atom is -0.497 e. The van der Waals surface area contributed by atoms with E-state index < -0.39 is 0 Å². The van der Waals surface area contributed by atoms with Crippen molar-refractivity contribution in [3.63, 3.8) is 0 Å². The first-order chi connectivity index (χ1) is 12.2. The molecule has 1 heterocycles. The number of carbonyl (C=O) groups is 1. The van der Waals surface area contributed by atoms with E-state index in [4.69, 9.17) is 14.7 Å². The Morgan fingerprint density at radius 3 is 2.60 bits per heavy atom. The molecule has 0 aromatic heterocycles. The van der Waals surface area contributed by atoms with E-state index in [9.17, 15) is 4.79 Å². The third kappa shape index (κ3) is 3.57. The molecule has 1 aliphatic heterocycles. The molecule has 1 aliphatic rings. The lowest BCUT2D eigenvalue weighted by Crippen LogP contribution is -2.27. The maximum Gasteiger partial charge on any atom is 0.234 e. The Labute approximate surface area is 151 Å². The van der Waals surface area contributed by atoms with Gasteiger partial charge in [0.05, 0.1) is 38.1 Å². The molecule has 6 heteroatoms. The van der Waals surface area contributed by atoms with Crippen LogP contribution >= 0.6 is 11.8 Å². The van der Waals surface area contributed by atoms with Crippen molar-refractivity contribution in [2.45, 2.75) is 11.9 Å². The summed E-state index contributed by atoms with van der Waals surface area (Å²) in [5.41, 5.74) is 2.56. The fourth-order valence-electron chi connectivity index (χ4n) is 2.79. The van der Waals surface area contributed by atoms with Crippen molar-refractivity contribution in [1.29, 1.82) is 5.26 Å². The number of thioether (sulfide) groups is 1. The molecule has 1 unspecified atom stereocenters. The largest absolute Gasteiger partial charge is 0.497 e. The molecule has 3 rings (SSSR count). The van der Waals surface area contributed by atoms with E-state index in [0.717, 1.165) is 11.1 Å². The molecule has 2 aromatic carbocycles. The standard InChI is InChI=1S/C19H18N2O3S/c1-23-16-8-7-15(17(9-16)24-2)11-21-18(22)12-25-19(21)14-5-3-13(10-20)4-6-14/h3-9,19H,11-12H2,1-2H3. The number of benzene rings is 2. The van der Waals surface area contributed by atoms with Gasteiger partial charge in [-0.05, 0) is 29.8 Å². The summed E-state index contributed by atoms with van der Waals surface area (Å²) >= 11 is 1.59. The second-order valence-electron chi connectivity index (χ2n) is 5.60. The van der Waals surface area contributed by atoms with Gasteiger partial charge in [0.25, 0.3) is 0 Å². The van der Waals surface area contributed by atoms with Gasteiger partial charge in [-0.25, -0.2) is 0 Å². The zero-order chi connectivity index (χ0) is 17.8. The third-order valence-electron chi connectivity index (χ3n) is 4.13. The Kier molecular flexibility index (Phi) is 5.15. The zero-order valence-corrected chi connectivity index (χ0v) is 14.9. The highest BCUT2D eigenvalue weighted by atomic mass is 32.2. The van der Waals surface area contributed by atoms with Crippen molar-refractivity contribution in [2.24, 2.45) is 0 Å². The highest BCUT2D eigenvalue weighted by molar-refractivity contribution is 8.00. The summed E-state index contributed by atoms with van der Waals surface area (Å²) in [6.07, 6.45) is 0. The predicted octanol–water partition coefficient (Wildman–Crippen LogP) is 3.35. The molecule has 1 atom stereocenters. The maximum atomic E-state index is 12.4. The highest BCUT2D eigenvalue weighted by Crippen LogP contribution is 2.40. The monoisotopic (exact) mass is 354 g/mol. The molecule has 5 nitrogen and oxygen atoms in total. The average Bonchev–Trinajstić information content (AvgIpc) is 3.02. The van der Waals surface area contributed by atoms with Crippen LogP contribution in [-0.2, 0) is 11.3 Å². The van der Waals surface area contributed by atoms with E-state index in [0.29, 0.717) is 29.4 Å². The number of ether oxygens (including phenoxy) is 2. The molecule has 0 radical (unpaired) electrons. The van der Waals surface area contributed by atoms with E-state index >= 15 is 0 Å². The minimum absolute atomic E-state index is 0.0629. The smallest absolute Gasteiger partial charge is 0.234 e. The van der Waals surface area contributed by atoms with Crippen LogP contribution in [0.2, 0.25) is 0 Å². The Hall–Kier alpha value is -2.65. The Morgan fingerprint density at radius 2 is 1.96 bits per heavy atom. The van der Waals surface area contributed by atoms with Gasteiger partial charge in [-0.2, -0.15) is 5.26 Å². The lowest BCUT2D eigenvalue weighted by molar-refractivity contribution is -0.128. The van der Waals surface area contributed by atoms with Crippen LogP contribution < -0.4 is 9.47 Å². The first-order valence-corrected chi connectivity index (χ1v) is 8.83. The minimum atomic E-state index is -0.0629. The van der Waals surface area contributed by atoms with Crippen LogP contribution in [0.3, 0.4) is 0 Å². The molecule has 0 saturated carbocycles. The van der Waals surface area contributed by atoms with Crippen molar-refractivity contribution >= 4 is 17.7 Å². The van der Waals surface area contributed by atoms with E-state index in [2.05, 4.69) is 6.07 Å². The first-order valence-electron chi connectivity index (χ1n) is 7.78. The quantitative estimate of drug-likeness (QED) is 0.824. The van der Waals surface area contributed by atoms with Crippen molar-refractivity contribution < 1.29 is 14.3 Å². The maximum absolute atomic E-state index is 12.4. The Bertz CT molecular complexity index is 814. The summed E-state index contributed by atoms with van der Waals surface area (Å²) in [5.74, 6) is 1.95. The summed E-state index contributed by atoms with van der Waals surface area (Å²) in [6.45, 7) is 0.462. The van der Waals surface area contributed by atoms with E-state index in [1.807, 2.05) is 35.2 Å². The third-order valence-corrected chi connectivity index (χ3v) is 5.38. The highest BCUT2D eigenvalue weighted by Gasteiger charge is 2.33. The lowest BCUT2D eigenvalue weighted by Gasteiger charge is -2.25. The van der Waals surface area contributed by atoms with Crippen molar-refractivity contribution in [3.8, 4) is 17.6 Å². The Balaban J connectivity index is 1.86. The molecule has 1 amide bonds. The molecule has 2 aromatic rings. The lowest BCUT2D eigenvalue weighted by atomic mass is 10.1. The molecule has 0 spiro atoms. The number of hydrogen-bond acceptors (Lipinski definition) is 5. The molecular formula is C19H18N2O3S. The van der Waals surface area contributed by atoms with Gasteiger partial charge in [0.1, 0.15) is 16.9 Å². The topological polar surface area (TPSA) is 62.6 Å². The average molecular weight is 354 g/mol. The van der Waals surface area contributed by atoms with Crippen LogP contribution in [0, 0.1) is 11.3 Å². The number of nitrogens with zero attached hydrogens (tertiary/aromatic N) is 2. The van der Waals surface area contributed by atoms with Crippen LogP contribution in [0.5, 0.6) is 11.5 Å². The molecule has 1 saturated heterocycles. The van der Waals surface area contributed by atoms with Gasteiger partial charge in [-0.15, -0.1) is 11.8 Å². The van der Waals surface area contributed by atoms with Gasteiger partial charge in [-0.1, -0.05) is 12.1 Å². The number of methoxy groups -OCH3 is 2. The van der Waals surface area contributed by atoms with Crippen LogP contribution in [0.1, 0.15) is 22.1 Å². The van der Waals surface area contributed by atoms with Crippen LogP contribution in [0.4, 0.5) is 0 Å². The zero-order valence-electron chi connectivity index (χ0n) is 14.1. The molecule has 0 bridgehead atoms. The molecule has 1 fully saturated rings. The fourth-order valence-corrected chi connectivity index (χ4v) is 3.98. The molecule has 0 aliphatic carbocycles. The number of rotatable bonds is 5. The van der Waals surface area contributed by atoms with Crippen molar-refractivity contribution in [1.82, 2.24) is 4.90 Å². The normalized spacial score (nSPS) is 16.6. The van der Waals surface area contributed by atoms with Crippen molar-refractivity contribution in [2.75, 3.05) is 20.0 Å². The van der Waals surface area contributed by atoms with E-state index in [1.165, 1.54) is 0 Å². The van der Waals surface area contributed by atoms with Gasteiger partial charge in [0.15, 0.2) is 0 Å². The van der Waals surface area contributed by atoms with Crippen LogP contribution in [0.25, 0.3) is 0 Å². The summed E-state index contributed by atoms with van der Waals surface area (Å²) < 4.78 is 10.7.